The molecule has 20 heavy (non-hydrogen) atoms. The normalized spacial score (nSPS) is 15.8. The average Bonchev–Trinajstić information content (AvgIpc) is 2.40. The molecule has 4 nitrogen and oxygen atoms in total. The molecule has 1 N–H and O–H groups in total. The van der Waals surface area contributed by atoms with Crippen molar-refractivity contribution in [2.45, 2.75) is 25.6 Å². The number of para-hydroxylation sites is 2. The van der Waals surface area contributed by atoms with Gasteiger partial charge in [-0.15, -0.1) is 13.2 Å². The van der Waals surface area contributed by atoms with E-state index in [0.717, 1.165) is 19.3 Å². The van der Waals surface area contributed by atoms with Gasteiger partial charge in [-0.3, -0.25) is 0 Å². The number of halogens is 3. The zero-order valence-electron chi connectivity index (χ0n) is 10.7. The third-order valence-corrected chi connectivity index (χ3v) is 3.00. The molecule has 0 saturated carbocycles. The Morgan fingerprint density at radius 2 is 1.80 bits per heavy atom. The topological polar surface area (TPSA) is 41.6 Å². The molecular weight excluding hydrogens is 273 g/mol. The van der Waals surface area contributed by atoms with Crippen molar-refractivity contribution in [3.63, 3.8) is 0 Å². The maximum atomic E-state index is 12.3. The fraction of sp³-hybridized carbons (Fsp3) is 0.462. The second-order valence-corrected chi connectivity index (χ2v) is 4.52. The lowest BCUT2D eigenvalue weighted by Gasteiger charge is -2.27. The molecule has 0 unspecified atom stereocenters. The van der Waals surface area contributed by atoms with E-state index in [4.69, 9.17) is 0 Å². The molecule has 0 radical (unpaired) electrons. The predicted octanol–water partition coefficient (Wildman–Crippen LogP) is 3.60. The Morgan fingerprint density at radius 1 is 1.15 bits per heavy atom. The number of carbonyl (C=O) groups is 1. The van der Waals surface area contributed by atoms with Gasteiger partial charge in [-0.2, -0.15) is 0 Å². The van der Waals surface area contributed by atoms with Crippen molar-refractivity contribution in [3.8, 4) is 5.75 Å². The first-order valence-corrected chi connectivity index (χ1v) is 6.36. The summed E-state index contributed by atoms with van der Waals surface area (Å²) >= 11 is 0. The summed E-state index contributed by atoms with van der Waals surface area (Å²) < 4.78 is 40.7. The number of nitrogens with one attached hydrogen (secondary N) is 1. The lowest BCUT2D eigenvalue weighted by Crippen LogP contribution is -2.38. The van der Waals surface area contributed by atoms with E-state index in [1.165, 1.54) is 24.3 Å². The summed E-state index contributed by atoms with van der Waals surface area (Å²) in [6, 6.07) is 5.09. The van der Waals surface area contributed by atoms with Crippen molar-refractivity contribution in [2.75, 3.05) is 18.4 Å². The lowest BCUT2D eigenvalue weighted by atomic mass is 10.1. The highest BCUT2D eigenvalue weighted by Gasteiger charge is 2.32. The number of amides is 2. The first-order valence-electron chi connectivity index (χ1n) is 6.36. The molecule has 1 aliphatic rings. The van der Waals surface area contributed by atoms with Crippen molar-refractivity contribution >= 4 is 11.7 Å². The molecule has 1 saturated heterocycles. The van der Waals surface area contributed by atoms with Crippen LogP contribution >= 0.6 is 0 Å². The van der Waals surface area contributed by atoms with Crippen LogP contribution < -0.4 is 10.1 Å². The number of anilines is 1. The fourth-order valence-corrected chi connectivity index (χ4v) is 2.07. The van der Waals surface area contributed by atoms with Crippen LogP contribution in [0.25, 0.3) is 0 Å². The van der Waals surface area contributed by atoms with Gasteiger partial charge in [-0.1, -0.05) is 12.1 Å². The van der Waals surface area contributed by atoms with E-state index in [2.05, 4.69) is 10.1 Å². The highest BCUT2D eigenvalue weighted by atomic mass is 19.4. The fourth-order valence-electron chi connectivity index (χ4n) is 2.07. The molecule has 110 valence electrons. The Hall–Kier alpha value is -1.92. The van der Waals surface area contributed by atoms with Gasteiger partial charge in [-0.05, 0) is 31.4 Å². The molecule has 0 aliphatic carbocycles. The Balaban J connectivity index is 2.06. The third kappa shape index (κ3) is 4.04. The molecular formula is C13H15F3N2O2. The summed E-state index contributed by atoms with van der Waals surface area (Å²) in [5.41, 5.74) is 0.0143. The van der Waals surface area contributed by atoms with Gasteiger partial charge in [0.2, 0.25) is 0 Å². The number of urea groups is 1. The van der Waals surface area contributed by atoms with Crippen LogP contribution in [0.5, 0.6) is 5.75 Å². The van der Waals surface area contributed by atoms with Gasteiger partial charge in [0, 0.05) is 13.1 Å². The Bertz CT molecular complexity index is 471. The monoisotopic (exact) mass is 288 g/mol. The summed E-state index contributed by atoms with van der Waals surface area (Å²) in [4.78, 5) is 13.6. The van der Waals surface area contributed by atoms with Gasteiger partial charge in [0.15, 0.2) is 5.75 Å². The summed E-state index contributed by atoms with van der Waals surface area (Å²) in [5, 5.41) is 2.46. The molecule has 1 aliphatic heterocycles. The third-order valence-electron chi connectivity index (χ3n) is 3.00. The Morgan fingerprint density at radius 3 is 2.45 bits per heavy atom. The van der Waals surface area contributed by atoms with Gasteiger partial charge in [0.25, 0.3) is 0 Å². The van der Waals surface area contributed by atoms with Gasteiger partial charge < -0.3 is 15.0 Å². The Labute approximate surface area is 114 Å². The molecule has 2 amide bonds. The second kappa shape index (κ2) is 6.02. The number of hydrogen-bond acceptors (Lipinski definition) is 2. The predicted molar refractivity (Wildman–Crippen MR) is 67.6 cm³/mol. The molecule has 1 heterocycles. The number of nitrogens with zero attached hydrogens (tertiary/aromatic N) is 1. The highest BCUT2D eigenvalue weighted by Crippen LogP contribution is 2.30. The van der Waals surface area contributed by atoms with Crippen molar-refractivity contribution < 1.29 is 22.7 Å². The van der Waals surface area contributed by atoms with Crippen molar-refractivity contribution in [1.82, 2.24) is 4.90 Å². The Kier molecular flexibility index (Phi) is 4.36. The van der Waals surface area contributed by atoms with Crippen molar-refractivity contribution in [3.05, 3.63) is 24.3 Å². The van der Waals surface area contributed by atoms with Gasteiger partial charge in [0.05, 0.1) is 5.69 Å². The first kappa shape index (κ1) is 14.5. The molecule has 7 heteroatoms. The molecule has 0 spiro atoms. The van der Waals surface area contributed by atoms with E-state index < -0.39 is 18.1 Å². The van der Waals surface area contributed by atoms with Crippen LogP contribution in [0, 0.1) is 0 Å². The molecule has 1 aromatic rings. The molecule has 0 aromatic heterocycles. The number of alkyl halides is 3. The van der Waals surface area contributed by atoms with Gasteiger partial charge >= 0.3 is 12.4 Å². The highest BCUT2D eigenvalue weighted by molar-refractivity contribution is 5.91. The van der Waals surface area contributed by atoms with Crippen LogP contribution in [0.15, 0.2) is 24.3 Å². The van der Waals surface area contributed by atoms with Crippen molar-refractivity contribution in [1.29, 1.82) is 0 Å². The number of hydrogen-bond donors (Lipinski definition) is 1. The smallest absolute Gasteiger partial charge is 0.404 e. The number of carbonyl (C=O) groups excluding carboxylic acids is 1. The van der Waals surface area contributed by atoms with E-state index in [1.54, 1.807) is 4.90 Å². The minimum Gasteiger partial charge on any atom is -0.404 e. The molecule has 1 aromatic carbocycles. The number of ether oxygens (including phenoxy) is 1. The first-order chi connectivity index (χ1) is 9.46. The van der Waals surface area contributed by atoms with Crippen LogP contribution in [0.2, 0.25) is 0 Å². The number of likely N-dealkylation sites (tertiary alicyclic amines) is 1. The number of piperidine rings is 1. The van der Waals surface area contributed by atoms with E-state index in [-0.39, 0.29) is 5.69 Å². The molecule has 0 bridgehead atoms. The zero-order valence-corrected chi connectivity index (χ0v) is 10.7. The summed E-state index contributed by atoms with van der Waals surface area (Å²) in [6.07, 6.45) is -1.90. The van der Waals surface area contributed by atoms with E-state index in [1.807, 2.05) is 0 Å². The van der Waals surface area contributed by atoms with Crippen LogP contribution in [0.1, 0.15) is 19.3 Å². The summed E-state index contributed by atoms with van der Waals surface area (Å²) in [6.45, 7) is 1.24. The second-order valence-electron chi connectivity index (χ2n) is 4.52. The molecule has 1 fully saturated rings. The van der Waals surface area contributed by atoms with E-state index >= 15 is 0 Å². The largest absolute Gasteiger partial charge is 0.573 e. The van der Waals surface area contributed by atoms with E-state index in [0.29, 0.717) is 13.1 Å². The lowest BCUT2D eigenvalue weighted by molar-refractivity contribution is -0.274. The number of rotatable bonds is 2. The zero-order chi connectivity index (χ0) is 14.6. The van der Waals surface area contributed by atoms with Crippen LogP contribution in [0.4, 0.5) is 23.7 Å². The summed E-state index contributed by atoms with van der Waals surface area (Å²) in [5.74, 6) is -0.412. The number of benzene rings is 1. The van der Waals surface area contributed by atoms with E-state index in [9.17, 15) is 18.0 Å². The average molecular weight is 288 g/mol. The SMILES string of the molecule is O=C(Nc1ccccc1OC(F)(F)F)N1CCCCC1. The maximum Gasteiger partial charge on any atom is 0.573 e. The standard InChI is InChI=1S/C13H15F3N2O2/c14-13(15,16)20-11-7-3-2-6-10(11)17-12(19)18-8-4-1-5-9-18/h2-3,6-7H,1,4-5,8-9H2,(H,17,19). The minimum atomic E-state index is -4.79. The molecule has 2 rings (SSSR count). The van der Waals surface area contributed by atoms with Gasteiger partial charge in [0.1, 0.15) is 0 Å². The van der Waals surface area contributed by atoms with Crippen LogP contribution in [0.3, 0.4) is 0 Å². The quantitative estimate of drug-likeness (QED) is 0.903. The van der Waals surface area contributed by atoms with Crippen LogP contribution in [-0.4, -0.2) is 30.4 Å². The minimum absolute atomic E-state index is 0.0143. The molecule has 0 atom stereocenters. The maximum absolute atomic E-state index is 12.3. The summed E-state index contributed by atoms with van der Waals surface area (Å²) in [7, 11) is 0. The van der Waals surface area contributed by atoms with Crippen molar-refractivity contribution in [2.24, 2.45) is 0 Å². The van der Waals surface area contributed by atoms with Gasteiger partial charge in [-0.25, -0.2) is 4.79 Å². The van der Waals surface area contributed by atoms with Crippen LogP contribution in [-0.2, 0) is 0 Å².